The fourth-order valence-corrected chi connectivity index (χ4v) is 5.60. The topological polar surface area (TPSA) is 99.3 Å². The van der Waals surface area contributed by atoms with Gasteiger partial charge in [0.05, 0.1) is 46.7 Å². The van der Waals surface area contributed by atoms with Gasteiger partial charge in [-0.3, -0.25) is 14.8 Å². The third-order valence-electron chi connectivity index (χ3n) is 7.73. The van der Waals surface area contributed by atoms with E-state index >= 15 is 0 Å². The Morgan fingerprint density at radius 1 is 1.13 bits per heavy atom. The number of aromatic nitrogens is 4. The Labute approximate surface area is 228 Å². The Bertz CT molecular complexity index is 1470. The van der Waals surface area contributed by atoms with Crippen LogP contribution in [0.15, 0.2) is 55.0 Å². The van der Waals surface area contributed by atoms with Gasteiger partial charge >= 0.3 is 5.97 Å². The number of fused-ring (bicyclic) bond motifs is 1. The van der Waals surface area contributed by atoms with Crippen molar-refractivity contribution < 1.29 is 9.53 Å². The molecule has 2 aliphatic rings. The van der Waals surface area contributed by atoms with E-state index in [9.17, 15) is 4.79 Å². The number of pyridine rings is 2. The molecule has 0 saturated carbocycles. The molecule has 2 atom stereocenters. The van der Waals surface area contributed by atoms with E-state index < -0.39 is 0 Å². The molecule has 5 heterocycles. The molecule has 2 saturated heterocycles. The number of carbonyl (C=O) groups is 1. The number of likely N-dealkylation sites (N-methyl/N-ethyl adjacent to an activating group) is 1. The number of aromatic amines is 1. The molecule has 39 heavy (non-hydrogen) atoms. The lowest BCUT2D eigenvalue weighted by atomic mass is 10.0. The molecule has 0 radical (unpaired) electrons. The van der Waals surface area contributed by atoms with Crippen LogP contribution in [0.5, 0.6) is 0 Å². The van der Waals surface area contributed by atoms with E-state index in [2.05, 4.69) is 60.3 Å². The first-order valence-corrected chi connectivity index (χ1v) is 13.7. The van der Waals surface area contributed by atoms with Crippen molar-refractivity contribution in [3.63, 3.8) is 0 Å². The quantitative estimate of drug-likeness (QED) is 0.334. The van der Waals surface area contributed by atoms with E-state index in [0.717, 1.165) is 97.0 Å². The van der Waals surface area contributed by atoms with Gasteiger partial charge in [-0.05, 0) is 63.7 Å². The minimum atomic E-state index is -0.0291. The molecule has 0 spiro atoms. The number of nitrogens with one attached hydrogen (secondary N) is 2. The highest BCUT2D eigenvalue weighted by atomic mass is 16.5. The molecule has 0 aliphatic carbocycles. The number of imidazole rings is 1. The van der Waals surface area contributed by atoms with E-state index in [1.807, 2.05) is 37.4 Å². The predicted octanol–water partition coefficient (Wildman–Crippen LogP) is 3.98. The standard InChI is InChI=1S/C30H35N7O2/c1-20-4-3-5-27(35-20)29-28(33-19-34-29)21-6-7-26-23(14-21)15-24(16-32-26)31-10-13-37-12-8-22(17-37)30(38)39-25-9-11-36(2)18-25/h3-7,14-16,19,22,25,31H,8-13,17-18H2,1-2H3,(H,33,34)/t22-,25+/m1/s1. The molecule has 2 fully saturated rings. The Kier molecular flexibility index (Phi) is 7.26. The Morgan fingerprint density at radius 3 is 2.90 bits per heavy atom. The van der Waals surface area contributed by atoms with E-state index in [1.165, 1.54) is 0 Å². The van der Waals surface area contributed by atoms with Gasteiger partial charge in [-0.1, -0.05) is 12.1 Å². The van der Waals surface area contributed by atoms with Crippen LogP contribution in [0.25, 0.3) is 33.5 Å². The van der Waals surface area contributed by atoms with Crippen LogP contribution in [0.4, 0.5) is 5.69 Å². The molecule has 4 aromatic rings. The second-order valence-corrected chi connectivity index (χ2v) is 10.7. The SMILES string of the molecule is Cc1cccc(-c2[nH]cnc2-c2ccc3ncc(NCCN4CC[C@@H](C(=O)O[C@H]5CCN(C)C5)C4)cc3c2)n1. The van der Waals surface area contributed by atoms with Crippen LogP contribution in [0.1, 0.15) is 18.5 Å². The first-order chi connectivity index (χ1) is 19.0. The molecule has 3 aromatic heterocycles. The van der Waals surface area contributed by atoms with Crippen LogP contribution in [-0.2, 0) is 9.53 Å². The highest BCUT2D eigenvalue weighted by Crippen LogP contribution is 2.30. The summed E-state index contributed by atoms with van der Waals surface area (Å²) in [5, 5.41) is 4.56. The number of rotatable bonds is 8. The summed E-state index contributed by atoms with van der Waals surface area (Å²) in [5.74, 6) is -0.0443. The van der Waals surface area contributed by atoms with Crippen molar-refractivity contribution in [2.75, 3.05) is 51.6 Å². The molecular formula is C30H35N7O2. The van der Waals surface area contributed by atoms with Gasteiger partial charge in [-0.2, -0.15) is 0 Å². The maximum absolute atomic E-state index is 12.6. The van der Waals surface area contributed by atoms with Crippen molar-refractivity contribution in [1.29, 1.82) is 0 Å². The highest BCUT2D eigenvalue weighted by molar-refractivity contribution is 5.88. The van der Waals surface area contributed by atoms with Crippen LogP contribution in [0.3, 0.4) is 0 Å². The lowest BCUT2D eigenvalue weighted by Gasteiger charge is -2.18. The molecule has 0 unspecified atom stereocenters. The third-order valence-corrected chi connectivity index (χ3v) is 7.73. The van der Waals surface area contributed by atoms with Gasteiger partial charge in [0, 0.05) is 49.4 Å². The van der Waals surface area contributed by atoms with Gasteiger partial charge in [0.15, 0.2) is 0 Å². The average molecular weight is 526 g/mol. The predicted molar refractivity (Wildman–Crippen MR) is 152 cm³/mol. The number of carbonyl (C=O) groups excluding carboxylic acids is 1. The molecule has 2 N–H and O–H groups in total. The van der Waals surface area contributed by atoms with Gasteiger partial charge in [-0.25, -0.2) is 4.98 Å². The van der Waals surface area contributed by atoms with Crippen molar-refractivity contribution in [2.45, 2.75) is 25.9 Å². The zero-order valence-corrected chi connectivity index (χ0v) is 22.6. The normalized spacial score (nSPS) is 20.1. The molecule has 9 nitrogen and oxygen atoms in total. The number of benzene rings is 1. The summed E-state index contributed by atoms with van der Waals surface area (Å²) in [6.07, 6.45) is 5.45. The maximum Gasteiger partial charge on any atom is 0.310 e. The molecule has 2 aliphatic heterocycles. The van der Waals surface area contributed by atoms with Crippen molar-refractivity contribution >= 4 is 22.6 Å². The van der Waals surface area contributed by atoms with Crippen LogP contribution in [0, 0.1) is 12.8 Å². The smallest absolute Gasteiger partial charge is 0.310 e. The van der Waals surface area contributed by atoms with Gasteiger partial charge in [0.1, 0.15) is 6.10 Å². The minimum Gasteiger partial charge on any atom is -0.461 e. The first kappa shape index (κ1) is 25.5. The number of esters is 1. The maximum atomic E-state index is 12.6. The summed E-state index contributed by atoms with van der Waals surface area (Å²) < 4.78 is 5.76. The second kappa shape index (κ2) is 11.1. The number of likely N-dealkylation sites (tertiary alicyclic amines) is 2. The van der Waals surface area contributed by atoms with Gasteiger partial charge in [-0.15, -0.1) is 0 Å². The fourth-order valence-electron chi connectivity index (χ4n) is 5.60. The average Bonchev–Trinajstić information content (AvgIpc) is 3.70. The van der Waals surface area contributed by atoms with Crippen LogP contribution in [0.2, 0.25) is 0 Å². The fraction of sp³-hybridized carbons (Fsp3) is 0.400. The monoisotopic (exact) mass is 525 g/mol. The number of H-pyrrole nitrogens is 1. The lowest BCUT2D eigenvalue weighted by molar-refractivity contribution is -0.152. The largest absolute Gasteiger partial charge is 0.461 e. The van der Waals surface area contributed by atoms with Gasteiger partial charge in [0.25, 0.3) is 0 Å². The van der Waals surface area contributed by atoms with Gasteiger partial charge < -0.3 is 24.8 Å². The van der Waals surface area contributed by atoms with Crippen molar-refractivity contribution in [2.24, 2.45) is 5.92 Å². The molecule has 6 rings (SSSR count). The van der Waals surface area contributed by atoms with Crippen LogP contribution >= 0.6 is 0 Å². The Hall–Kier alpha value is -3.82. The number of anilines is 1. The first-order valence-electron chi connectivity index (χ1n) is 13.7. The van der Waals surface area contributed by atoms with E-state index in [-0.39, 0.29) is 18.0 Å². The van der Waals surface area contributed by atoms with Crippen LogP contribution in [-0.4, -0.2) is 88.1 Å². The molecule has 9 heteroatoms. The number of hydrogen-bond acceptors (Lipinski definition) is 8. The Balaban J connectivity index is 1.07. The summed E-state index contributed by atoms with van der Waals surface area (Å²) in [6.45, 7) is 7.18. The lowest BCUT2D eigenvalue weighted by Crippen LogP contribution is -2.30. The number of nitrogens with zero attached hydrogens (tertiary/aromatic N) is 5. The molecule has 0 amide bonds. The highest BCUT2D eigenvalue weighted by Gasteiger charge is 2.32. The summed E-state index contributed by atoms with van der Waals surface area (Å²) in [4.78, 5) is 34.3. The van der Waals surface area contributed by atoms with Crippen LogP contribution < -0.4 is 5.32 Å². The molecule has 202 valence electrons. The third kappa shape index (κ3) is 5.79. The van der Waals surface area contributed by atoms with Crippen molar-refractivity contribution in [3.8, 4) is 22.6 Å². The summed E-state index contributed by atoms with van der Waals surface area (Å²) in [7, 11) is 2.07. The van der Waals surface area contributed by atoms with E-state index in [1.54, 1.807) is 6.33 Å². The Morgan fingerprint density at radius 2 is 2.05 bits per heavy atom. The van der Waals surface area contributed by atoms with Crippen molar-refractivity contribution in [1.82, 2.24) is 29.7 Å². The van der Waals surface area contributed by atoms with E-state index in [4.69, 9.17) is 4.74 Å². The molecule has 0 bridgehead atoms. The zero-order chi connectivity index (χ0) is 26.8. The number of aryl methyl sites for hydroxylation is 1. The summed E-state index contributed by atoms with van der Waals surface area (Å²) in [5.41, 5.74) is 6.54. The molecular weight excluding hydrogens is 490 g/mol. The number of ether oxygens (including phenoxy) is 1. The summed E-state index contributed by atoms with van der Waals surface area (Å²) >= 11 is 0. The minimum absolute atomic E-state index is 0.0152. The molecule has 1 aromatic carbocycles. The number of hydrogen-bond donors (Lipinski definition) is 2. The van der Waals surface area contributed by atoms with E-state index in [0.29, 0.717) is 0 Å². The zero-order valence-electron chi connectivity index (χ0n) is 22.6. The van der Waals surface area contributed by atoms with Crippen molar-refractivity contribution in [3.05, 3.63) is 60.7 Å². The second-order valence-electron chi connectivity index (χ2n) is 10.7. The summed E-state index contributed by atoms with van der Waals surface area (Å²) in [6, 6.07) is 14.3. The van der Waals surface area contributed by atoms with Gasteiger partial charge in [0.2, 0.25) is 0 Å².